The van der Waals surface area contributed by atoms with Crippen LogP contribution < -0.4 is 0 Å². The van der Waals surface area contributed by atoms with Crippen LogP contribution in [0.1, 0.15) is 24.5 Å². The van der Waals surface area contributed by atoms with Crippen molar-refractivity contribution in [2.75, 3.05) is 86.3 Å². The van der Waals surface area contributed by atoms with Crippen molar-refractivity contribution in [3.05, 3.63) is 69.7 Å². The van der Waals surface area contributed by atoms with Gasteiger partial charge >= 0.3 is 12.2 Å². The minimum Gasteiger partial charge on any atom is -0.453 e. The van der Waals surface area contributed by atoms with E-state index in [1.54, 1.807) is 16.9 Å². The van der Waals surface area contributed by atoms with Gasteiger partial charge in [0.05, 0.1) is 26.3 Å². The number of benzene rings is 2. The van der Waals surface area contributed by atoms with Crippen LogP contribution in [0.2, 0.25) is 10.0 Å². The van der Waals surface area contributed by atoms with Crippen LogP contribution >= 0.6 is 23.2 Å². The normalized spacial score (nSPS) is 15.8. The van der Waals surface area contributed by atoms with Gasteiger partial charge in [0.25, 0.3) is 0 Å². The Morgan fingerprint density at radius 3 is 1.93 bits per heavy atom. The van der Waals surface area contributed by atoms with E-state index in [1.807, 2.05) is 48.5 Å². The molecule has 45 heavy (non-hydrogen) atoms. The van der Waals surface area contributed by atoms with Crippen LogP contribution in [0.4, 0.5) is 9.59 Å². The molecule has 2 aromatic carbocycles. The first-order valence-corrected chi connectivity index (χ1v) is 15.8. The van der Waals surface area contributed by atoms with Crippen LogP contribution in [0.15, 0.2) is 48.5 Å². The number of piperazine rings is 2. The number of methoxy groups -OCH3 is 2. The number of ether oxygens (including phenoxy) is 3. The molecular formula is C34H42Cl2N4O5. The molecule has 0 spiro atoms. The van der Waals surface area contributed by atoms with Crippen molar-refractivity contribution in [1.29, 1.82) is 0 Å². The molecule has 0 N–H and O–H groups in total. The third-order valence-corrected chi connectivity index (χ3v) is 7.76. The lowest BCUT2D eigenvalue weighted by atomic mass is 10.1. The molecule has 0 saturated carbocycles. The Morgan fingerprint density at radius 2 is 1.38 bits per heavy atom. The number of hydrogen-bond acceptors (Lipinski definition) is 7. The summed E-state index contributed by atoms with van der Waals surface area (Å²) in [4.78, 5) is 31.3. The van der Waals surface area contributed by atoms with Crippen LogP contribution in [-0.4, -0.2) is 124 Å². The zero-order valence-electron chi connectivity index (χ0n) is 26.3. The summed E-state index contributed by atoms with van der Waals surface area (Å²) in [5, 5.41) is 1.39. The summed E-state index contributed by atoms with van der Waals surface area (Å²) in [5.74, 6) is 12.8. The predicted octanol–water partition coefficient (Wildman–Crippen LogP) is 4.95. The summed E-state index contributed by atoms with van der Waals surface area (Å²) < 4.78 is 14.7. The van der Waals surface area contributed by atoms with Crippen LogP contribution in [-0.2, 0) is 14.2 Å². The Hall–Kier alpha value is -3.44. The maximum atomic E-state index is 11.8. The fourth-order valence-corrected chi connectivity index (χ4v) is 5.12. The number of carbonyl (C=O) groups excluding carboxylic acids is 2. The van der Waals surface area contributed by atoms with Gasteiger partial charge in [-0.15, -0.1) is 0 Å². The van der Waals surface area contributed by atoms with Crippen molar-refractivity contribution in [2.45, 2.75) is 19.4 Å². The molecule has 0 radical (unpaired) electrons. The lowest BCUT2D eigenvalue weighted by molar-refractivity contribution is 0.0580. The van der Waals surface area contributed by atoms with E-state index in [-0.39, 0.29) is 18.2 Å². The van der Waals surface area contributed by atoms with Gasteiger partial charge in [-0.25, -0.2) is 9.59 Å². The molecule has 4 rings (SSSR count). The average Bonchev–Trinajstić information content (AvgIpc) is 3.06. The molecule has 242 valence electrons. The van der Waals surface area contributed by atoms with Crippen LogP contribution in [0, 0.1) is 23.7 Å². The molecule has 1 atom stereocenters. The Bertz CT molecular complexity index is 1350. The first-order chi connectivity index (χ1) is 21.8. The predicted molar refractivity (Wildman–Crippen MR) is 178 cm³/mol. The van der Waals surface area contributed by atoms with Crippen molar-refractivity contribution < 1.29 is 23.8 Å². The maximum Gasteiger partial charge on any atom is 0.409 e. The van der Waals surface area contributed by atoms with Gasteiger partial charge in [-0.05, 0) is 42.8 Å². The molecule has 2 aliphatic heterocycles. The fourth-order valence-electron chi connectivity index (χ4n) is 4.74. The SMILES string of the molecule is CCC(C#Cc1cccc(Cl)c1)N1CCN(C(=O)OC)CC1.COCCOC(=O)N1CCN(CC#Cc2cccc(Cl)c2)CC1. The second kappa shape index (κ2) is 19.8. The van der Waals surface area contributed by atoms with Crippen molar-refractivity contribution >= 4 is 35.4 Å². The monoisotopic (exact) mass is 656 g/mol. The summed E-state index contributed by atoms with van der Waals surface area (Å²) in [5.41, 5.74) is 1.84. The van der Waals surface area contributed by atoms with Gasteiger partial charge in [0.15, 0.2) is 0 Å². The number of nitrogens with zero attached hydrogens (tertiary/aromatic N) is 4. The smallest absolute Gasteiger partial charge is 0.409 e. The van der Waals surface area contributed by atoms with Gasteiger partial charge in [-0.3, -0.25) is 9.80 Å². The second-order valence-corrected chi connectivity index (χ2v) is 11.3. The van der Waals surface area contributed by atoms with Crippen molar-refractivity contribution in [3.63, 3.8) is 0 Å². The van der Waals surface area contributed by atoms with E-state index in [9.17, 15) is 9.59 Å². The highest BCUT2D eigenvalue weighted by molar-refractivity contribution is 6.30. The van der Waals surface area contributed by atoms with E-state index in [2.05, 4.69) is 40.4 Å². The van der Waals surface area contributed by atoms with Crippen LogP contribution in [0.5, 0.6) is 0 Å². The molecule has 2 amide bonds. The molecule has 2 fully saturated rings. The Balaban J connectivity index is 0.000000246. The number of halogens is 2. The van der Waals surface area contributed by atoms with Gasteiger partial charge in [0, 0.05) is 80.6 Å². The van der Waals surface area contributed by atoms with Crippen molar-refractivity contribution in [3.8, 4) is 23.7 Å². The lowest BCUT2D eigenvalue weighted by Gasteiger charge is -2.36. The molecule has 2 aromatic rings. The molecule has 11 heteroatoms. The van der Waals surface area contributed by atoms with Gasteiger partial charge in [0.2, 0.25) is 0 Å². The number of rotatable bonds is 6. The summed E-state index contributed by atoms with van der Waals surface area (Å²) in [6, 6.07) is 15.3. The molecule has 2 saturated heterocycles. The van der Waals surface area contributed by atoms with E-state index in [1.165, 1.54) is 7.11 Å². The van der Waals surface area contributed by atoms with E-state index in [0.717, 1.165) is 43.7 Å². The molecule has 1 unspecified atom stereocenters. The van der Waals surface area contributed by atoms with Crippen molar-refractivity contribution in [1.82, 2.24) is 19.6 Å². The molecule has 2 heterocycles. The minimum atomic E-state index is -0.272. The van der Waals surface area contributed by atoms with Gasteiger partial charge in [0.1, 0.15) is 6.61 Å². The van der Waals surface area contributed by atoms with E-state index < -0.39 is 0 Å². The molecular weight excluding hydrogens is 615 g/mol. The standard InChI is InChI=1S/C17H21ClN2O3.C17H21ClN2O2/c1-22-12-13-23-17(21)20-10-8-19(9-11-20)7-3-5-15-4-2-6-16(18)14-15;1-3-16(8-7-14-5-4-6-15(18)13-14)19-9-11-20(12-10-19)17(21)22-2/h2,4,6,14H,7-13H2,1H3;4-6,13,16H,3,9-12H2,1-2H3. The quantitative estimate of drug-likeness (QED) is 0.322. The van der Waals surface area contributed by atoms with E-state index in [0.29, 0.717) is 56.0 Å². The van der Waals surface area contributed by atoms with Gasteiger partial charge < -0.3 is 24.0 Å². The van der Waals surface area contributed by atoms with E-state index >= 15 is 0 Å². The number of hydrogen-bond donors (Lipinski definition) is 0. The largest absolute Gasteiger partial charge is 0.453 e. The zero-order chi connectivity index (χ0) is 32.4. The average molecular weight is 658 g/mol. The fraction of sp³-hybridized carbons (Fsp3) is 0.471. The Morgan fingerprint density at radius 1 is 0.800 bits per heavy atom. The molecule has 0 aliphatic carbocycles. The first-order valence-electron chi connectivity index (χ1n) is 15.0. The minimum absolute atomic E-state index is 0.193. The molecule has 9 nitrogen and oxygen atoms in total. The summed E-state index contributed by atoms with van der Waals surface area (Å²) in [7, 11) is 3.00. The zero-order valence-corrected chi connectivity index (χ0v) is 27.8. The summed E-state index contributed by atoms with van der Waals surface area (Å²) in [6.07, 6.45) is 0.427. The summed E-state index contributed by atoms with van der Waals surface area (Å²) >= 11 is 11.9. The topological polar surface area (TPSA) is 74.8 Å². The maximum absolute atomic E-state index is 11.8. The number of carbonyl (C=O) groups is 2. The molecule has 0 bridgehead atoms. The summed E-state index contributed by atoms with van der Waals surface area (Å²) in [6.45, 7) is 9.43. The van der Waals surface area contributed by atoms with Gasteiger partial charge in [-0.2, -0.15) is 0 Å². The van der Waals surface area contributed by atoms with Crippen LogP contribution in [0.3, 0.4) is 0 Å². The first kappa shape index (κ1) is 36.0. The lowest BCUT2D eigenvalue weighted by Crippen LogP contribution is -2.51. The van der Waals surface area contributed by atoms with E-state index in [4.69, 9.17) is 37.4 Å². The Kier molecular flexibility index (Phi) is 15.9. The third-order valence-electron chi connectivity index (χ3n) is 7.29. The third kappa shape index (κ3) is 12.8. The molecule has 0 aromatic heterocycles. The Labute approximate surface area is 277 Å². The highest BCUT2D eigenvalue weighted by atomic mass is 35.5. The second-order valence-electron chi connectivity index (χ2n) is 10.4. The van der Waals surface area contributed by atoms with Gasteiger partial charge in [-0.1, -0.05) is 65.9 Å². The highest BCUT2D eigenvalue weighted by Crippen LogP contribution is 2.13. The van der Waals surface area contributed by atoms with Crippen LogP contribution in [0.25, 0.3) is 0 Å². The highest BCUT2D eigenvalue weighted by Gasteiger charge is 2.25. The molecule has 2 aliphatic rings. The van der Waals surface area contributed by atoms with Crippen molar-refractivity contribution in [2.24, 2.45) is 0 Å². The number of amides is 2.